The van der Waals surface area contributed by atoms with Crippen LogP contribution in [-0.2, 0) is 42.9 Å². The summed E-state index contributed by atoms with van der Waals surface area (Å²) in [5, 5.41) is 4.31. The van der Waals surface area contributed by atoms with Gasteiger partial charge in [0.1, 0.15) is 18.5 Å². The normalized spacial score (nSPS) is 21.8. The number of aromatic nitrogens is 3. The molecular weight excluding hydrogens is 576 g/mol. The molecular formula is C26H30N4O11S. The van der Waals surface area contributed by atoms with Gasteiger partial charge in [-0.25, -0.2) is 4.68 Å². The number of nitrogen functional groups attached to an aromatic ring is 1. The zero-order valence-corrected chi connectivity index (χ0v) is 24.2. The van der Waals surface area contributed by atoms with E-state index in [9.17, 15) is 24.0 Å². The molecule has 42 heavy (non-hydrogen) atoms. The average Bonchev–Trinajstić information content (AvgIpc) is 2.92. The van der Waals surface area contributed by atoms with Crippen molar-refractivity contribution < 1.29 is 47.6 Å². The summed E-state index contributed by atoms with van der Waals surface area (Å²) in [5.74, 6) is 3.51. The molecule has 2 heterocycles. The number of rotatable bonds is 9. The van der Waals surface area contributed by atoms with Crippen molar-refractivity contribution in [1.82, 2.24) is 14.5 Å². The molecule has 0 spiro atoms. The summed E-state index contributed by atoms with van der Waals surface area (Å²) in [4.78, 5) is 60.8. The van der Waals surface area contributed by atoms with E-state index in [4.69, 9.17) is 46.5 Å². The van der Waals surface area contributed by atoms with E-state index in [0.717, 1.165) is 32.4 Å². The van der Waals surface area contributed by atoms with Gasteiger partial charge in [0.2, 0.25) is 4.77 Å². The van der Waals surface area contributed by atoms with Crippen LogP contribution < -0.4 is 16.1 Å². The smallest absolute Gasteiger partial charge is 0.303 e. The number of esters is 4. The van der Waals surface area contributed by atoms with E-state index >= 15 is 0 Å². The van der Waals surface area contributed by atoms with E-state index in [1.165, 1.54) is 13.2 Å². The summed E-state index contributed by atoms with van der Waals surface area (Å²) in [6, 6.07) is 6.92. The molecule has 0 saturated carbocycles. The maximum atomic E-state index is 12.9. The molecule has 1 fully saturated rings. The lowest BCUT2D eigenvalue weighted by Crippen LogP contribution is -2.61. The number of benzene rings is 1. The Bertz CT molecular complexity index is 1480. The van der Waals surface area contributed by atoms with Gasteiger partial charge in [0.15, 0.2) is 30.2 Å². The molecule has 2 aromatic rings. The third kappa shape index (κ3) is 7.79. The Balaban J connectivity index is 2.17. The molecule has 3 rings (SSSR count). The van der Waals surface area contributed by atoms with E-state index < -0.39 is 66.7 Å². The van der Waals surface area contributed by atoms with Crippen molar-refractivity contribution in [1.29, 1.82) is 0 Å². The standard InChI is InChI=1S/C26H30N4O11S/c1-13(31)37-12-20-21(38-14(2)32)22(39-15(3)33)23(40-16(4)34)25(41-20)30-26(42)29(27)24(35)19(28-30)11-8-17-6-9-18(36-5)10-7-17/h6-11,20-23,25H,12,27H2,1-5H3. The van der Waals surface area contributed by atoms with Crippen LogP contribution in [0.25, 0.3) is 12.2 Å². The number of hydrogen-bond acceptors (Lipinski definition) is 14. The number of nitrogens with two attached hydrogens (primary N) is 1. The minimum atomic E-state index is -1.51. The summed E-state index contributed by atoms with van der Waals surface area (Å²) in [6.45, 7) is 3.97. The Morgan fingerprint density at radius 1 is 0.929 bits per heavy atom. The largest absolute Gasteiger partial charge is 0.497 e. The Labute approximate surface area is 244 Å². The SMILES string of the molecule is COc1ccc(C=Cc2nn(C3OC(COC(C)=O)C(OC(C)=O)C(OC(C)=O)C3OC(C)=O)c(=S)n(N)c2=O)cc1. The molecule has 0 radical (unpaired) electrons. The van der Waals surface area contributed by atoms with Crippen molar-refractivity contribution >= 4 is 48.2 Å². The number of carbonyl (C=O) groups excluding carboxylic acids is 4. The van der Waals surface area contributed by atoms with Crippen LogP contribution in [0.2, 0.25) is 0 Å². The van der Waals surface area contributed by atoms with Gasteiger partial charge >= 0.3 is 23.9 Å². The fourth-order valence-electron chi connectivity index (χ4n) is 4.09. The first-order chi connectivity index (χ1) is 19.8. The molecule has 1 aromatic heterocycles. The quantitative estimate of drug-likeness (QED) is 0.183. The molecule has 0 amide bonds. The second-order valence-corrected chi connectivity index (χ2v) is 9.35. The average molecular weight is 607 g/mol. The van der Waals surface area contributed by atoms with Gasteiger partial charge in [-0.3, -0.25) is 24.0 Å². The van der Waals surface area contributed by atoms with Crippen LogP contribution in [0.3, 0.4) is 0 Å². The lowest BCUT2D eigenvalue weighted by molar-refractivity contribution is -0.271. The molecule has 226 valence electrons. The molecule has 1 aromatic carbocycles. The fourth-order valence-corrected chi connectivity index (χ4v) is 4.31. The monoisotopic (exact) mass is 606 g/mol. The predicted octanol–water partition coefficient (Wildman–Crippen LogP) is 0.923. The van der Waals surface area contributed by atoms with Gasteiger partial charge in [-0.2, -0.15) is 9.77 Å². The molecule has 5 atom stereocenters. The number of carbonyl (C=O) groups is 4. The minimum absolute atomic E-state index is 0.185. The maximum absolute atomic E-state index is 12.9. The van der Waals surface area contributed by atoms with Crippen LogP contribution in [0, 0.1) is 4.77 Å². The first-order valence-electron chi connectivity index (χ1n) is 12.5. The highest BCUT2D eigenvalue weighted by molar-refractivity contribution is 7.71. The Hall–Kier alpha value is -4.57. The van der Waals surface area contributed by atoms with E-state index in [1.807, 2.05) is 0 Å². The highest BCUT2D eigenvalue weighted by atomic mass is 32.1. The van der Waals surface area contributed by atoms with Crippen LogP contribution in [0.4, 0.5) is 0 Å². The minimum Gasteiger partial charge on any atom is -0.497 e. The van der Waals surface area contributed by atoms with Crippen LogP contribution in [0.5, 0.6) is 5.75 Å². The molecule has 16 heteroatoms. The first-order valence-corrected chi connectivity index (χ1v) is 12.9. The molecule has 1 saturated heterocycles. The lowest BCUT2D eigenvalue weighted by Gasteiger charge is -2.44. The van der Waals surface area contributed by atoms with Crippen molar-refractivity contribution in [2.75, 3.05) is 19.6 Å². The highest BCUT2D eigenvalue weighted by Gasteiger charge is 2.53. The third-order valence-electron chi connectivity index (χ3n) is 5.81. The first kappa shape index (κ1) is 32.0. The third-order valence-corrected chi connectivity index (χ3v) is 6.20. The van der Waals surface area contributed by atoms with Crippen molar-refractivity contribution in [3.8, 4) is 5.75 Å². The second-order valence-electron chi connectivity index (χ2n) is 8.98. The number of ether oxygens (including phenoxy) is 6. The highest BCUT2D eigenvalue weighted by Crippen LogP contribution is 2.34. The summed E-state index contributed by atoms with van der Waals surface area (Å²) < 4.78 is 33.8. The van der Waals surface area contributed by atoms with Gasteiger partial charge in [-0.05, 0) is 36.0 Å². The van der Waals surface area contributed by atoms with Crippen LogP contribution in [0.1, 0.15) is 45.2 Å². The van der Waals surface area contributed by atoms with Gasteiger partial charge in [-0.1, -0.05) is 18.2 Å². The van der Waals surface area contributed by atoms with Crippen LogP contribution in [0.15, 0.2) is 29.1 Å². The molecule has 1 aliphatic heterocycles. The zero-order valence-electron chi connectivity index (χ0n) is 23.4. The summed E-state index contributed by atoms with van der Waals surface area (Å²) in [7, 11) is 1.53. The fraction of sp³-hybridized carbons (Fsp3) is 0.423. The van der Waals surface area contributed by atoms with Gasteiger partial charge in [0.25, 0.3) is 5.56 Å². The van der Waals surface area contributed by atoms with E-state index in [0.29, 0.717) is 16.0 Å². The van der Waals surface area contributed by atoms with Gasteiger partial charge in [0, 0.05) is 27.7 Å². The van der Waals surface area contributed by atoms with Crippen molar-refractivity contribution in [3.05, 3.63) is 50.6 Å². The van der Waals surface area contributed by atoms with E-state index in [1.54, 1.807) is 30.3 Å². The maximum Gasteiger partial charge on any atom is 0.303 e. The molecule has 2 N–H and O–H groups in total. The number of methoxy groups -OCH3 is 1. The van der Waals surface area contributed by atoms with E-state index in [-0.39, 0.29) is 10.5 Å². The molecule has 1 aliphatic rings. The summed E-state index contributed by atoms with van der Waals surface area (Å²) in [6.07, 6.45) is -4.18. The number of hydrogen-bond donors (Lipinski definition) is 1. The molecule has 0 bridgehead atoms. The Morgan fingerprint density at radius 2 is 1.50 bits per heavy atom. The van der Waals surface area contributed by atoms with Gasteiger partial charge < -0.3 is 34.3 Å². The van der Waals surface area contributed by atoms with Gasteiger partial charge in [-0.15, -0.1) is 0 Å². The number of nitrogens with zero attached hydrogens (tertiary/aromatic N) is 3. The van der Waals surface area contributed by atoms with E-state index in [2.05, 4.69) is 5.10 Å². The second kappa shape index (κ2) is 13.9. The van der Waals surface area contributed by atoms with Crippen LogP contribution in [-0.4, -0.2) is 76.5 Å². The summed E-state index contributed by atoms with van der Waals surface area (Å²) >= 11 is 5.37. The van der Waals surface area contributed by atoms with Crippen molar-refractivity contribution in [3.63, 3.8) is 0 Å². The topological polar surface area (TPSA) is 190 Å². The Morgan fingerprint density at radius 3 is 2.05 bits per heavy atom. The van der Waals surface area contributed by atoms with Crippen molar-refractivity contribution in [2.24, 2.45) is 0 Å². The predicted molar refractivity (Wildman–Crippen MR) is 147 cm³/mol. The van der Waals surface area contributed by atoms with Crippen LogP contribution >= 0.6 is 12.2 Å². The molecule has 15 nitrogen and oxygen atoms in total. The molecule has 0 aliphatic carbocycles. The Kier molecular flexibility index (Phi) is 10.5. The lowest BCUT2D eigenvalue weighted by atomic mass is 9.97. The molecule has 5 unspecified atom stereocenters. The van der Waals surface area contributed by atoms with Crippen molar-refractivity contribution in [2.45, 2.75) is 58.3 Å². The van der Waals surface area contributed by atoms with Gasteiger partial charge in [0.05, 0.1) is 7.11 Å². The summed E-state index contributed by atoms with van der Waals surface area (Å²) in [5.41, 5.74) is -0.247. The zero-order chi connectivity index (χ0) is 31.1.